The largest absolute Gasteiger partial charge is 0.404 e. The van der Waals surface area contributed by atoms with Gasteiger partial charge in [-0.3, -0.25) is 20.2 Å². The number of carbonyl (C=O) groups is 2. The summed E-state index contributed by atoms with van der Waals surface area (Å²) in [5.74, 6) is -5.67. The summed E-state index contributed by atoms with van der Waals surface area (Å²) >= 11 is 0. The molecule has 2 aromatic carbocycles. The normalized spacial score (nSPS) is 14.8. The van der Waals surface area contributed by atoms with Crippen LogP contribution in [0.4, 0.5) is 13.2 Å². The maximum atomic E-state index is 13.7. The maximum absolute atomic E-state index is 13.7. The van der Waals surface area contributed by atoms with Gasteiger partial charge in [-0.1, -0.05) is 86.7 Å². The van der Waals surface area contributed by atoms with E-state index >= 15 is 0 Å². The van der Waals surface area contributed by atoms with Crippen molar-refractivity contribution in [1.82, 2.24) is 15.7 Å². The van der Waals surface area contributed by atoms with E-state index in [1.807, 2.05) is 35.8 Å². The molecule has 2 aromatic rings. The fourth-order valence-electron chi connectivity index (χ4n) is 4.22. The first-order valence-electron chi connectivity index (χ1n) is 11.4. The van der Waals surface area contributed by atoms with Gasteiger partial charge in [0.15, 0.2) is 5.75 Å². The molecule has 0 spiro atoms. The van der Waals surface area contributed by atoms with Crippen molar-refractivity contribution in [2.45, 2.75) is 38.3 Å². The minimum Gasteiger partial charge on any atom is -0.289 e. The van der Waals surface area contributed by atoms with Crippen molar-refractivity contribution < 1.29 is 36.4 Å². The number of rotatable bonds is 12. The Kier molecular flexibility index (Phi) is 10.4. The van der Waals surface area contributed by atoms with Gasteiger partial charge < -0.3 is 0 Å². The number of amides is 2. The van der Waals surface area contributed by atoms with Crippen molar-refractivity contribution in [3.63, 3.8) is 0 Å². The molecular formula is C25H30F3N3O5S. The number of halogens is 3. The predicted molar refractivity (Wildman–Crippen MR) is 132 cm³/mol. The zero-order valence-electron chi connectivity index (χ0n) is 20.3. The quantitative estimate of drug-likeness (QED) is 0.241. The van der Waals surface area contributed by atoms with Crippen molar-refractivity contribution in [2.75, 3.05) is 5.75 Å². The highest BCUT2D eigenvalue weighted by Gasteiger charge is 2.50. The van der Waals surface area contributed by atoms with Gasteiger partial charge in [0.1, 0.15) is 0 Å². The van der Waals surface area contributed by atoms with Crippen LogP contribution in [-0.4, -0.2) is 37.4 Å². The minimum atomic E-state index is -5.04. The Labute approximate surface area is 213 Å². The molecule has 2 atom stereocenters. The van der Waals surface area contributed by atoms with Gasteiger partial charge >= 0.3 is 6.18 Å². The molecule has 8 nitrogen and oxygen atoms in total. The average Bonchev–Trinajstić information content (AvgIpc) is 2.83. The molecule has 0 saturated heterocycles. The molecule has 0 aliphatic carbocycles. The van der Waals surface area contributed by atoms with Gasteiger partial charge in [-0.2, -0.15) is 13.2 Å². The predicted octanol–water partition coefficient (Wildman–Crippen LogP) is 3.71. The van der Waals surface area contributed by atoms with Crippen LogP contribution in [0.25, 0.3) is 6.08 Å². The van der Waals surface area contributed by atoms with E-state index in [1.165, 1.54) is 4.83 Å². The summed E-state index contributed by atoms with van der Waals surface area (Å²) in [6.07, 6.45) is -1.75. The van der Waals surface area contributed by atoms with Crippen molar-refractivity contribution in [3.8, 4) is 0 Å². The Morgan fingerprint density at radius 3 is 2.08 bits per heavy atom. The van der Waals surface area contributed by atoms with E-state index in [1.54, 1.807) is 61.8 Å². The molecule has 0 unspecified atom stereocenters. The Morgan fingerprint density at radius 1 is 1.00 bits per heavy atom. The third-order valence-corrected chi connectivity index (χ3v) is 6.72. The third-order valence-electron chi connectivity index (χ3n) is 5.60. The van der Waals surface area contributed by atoms with Crippen molar-refractivity contribution in [1.29, 1.82) is 0 Å². The molecule has 4 N–H and O–H groups in total. The number of hydrogen-bond donors (Lipinski definition) is 4. The highest BCUT2D eigenvalue weighted by molar-refractivity contribution is 7.89. The lowest BCUT2D eigenvalue weighted by Crippen LogP contribution is -2.58. The maximum Gasteiger partial charge on any atom is 0.404 e. The minimum absolute atomic E-state index is 0.00110. The highest BCUT2D eigenvalue weighted by atomic mass is 32.2. The number of sulfonamides is 1. The standard InChI is InChI=1S/C25H30F3N3O5S/c1-18(2)16-24(20-13-7-4-8-14-20,23(33)29-31-37(35,36)17-25(26,27)28)21(22(32)30-34)15-9-12-19-10-5-3-6-11-19/h3-14,18,21,31,34H,15-17H2,1-2H3,(H,29,33)(H,30,32)/b12-9+/t21-,24+/m1/s1. The number of nitrogens with one attached hydrogen (secondary N) is 3. The molecule has 37 heavy (non-hydrogen) atoms. The van der Waals surface area contributed by atoms with Crippen LogP contribution in [0.5, 0.6) is 0 Å². The number of alkyl halides is 3. The van der Waals surface area contributed by atoms with Gasteiger partial charge in [-0.15, -0.1) is 4.83 Å². The molecule has 0 aromatic heterocycles. The van der Waals surface area contributed by atoms with Crippen LogP contribution >= 0.6 is 0 Å². The van der Waals surface area contributed by atoms with Gasteiger partial charge in [-0.25, -0.2) is 13.9 Å². The van der Waals surface area contributed by atoms with E-state index in [0.717, 1.165) is 5.56 Å². The van der Waals surface area contributed by atoms with Crippen LogP contribution in [0.3, 0.4) is 0 Å². The van der Waals surface area contributed by atoms with E-state index in [-0.39, 0.29) is 18.8 Å². The van der Waals surface area contributed by atoms with Crippen LogP contribution < -0.4 is 15.7 Å². The molecule has 0 radical (unpaired) electrons. The molecule has 202 valence electrons. The smallest absolute Gasteiger partial charge is 0.289 e. The molecule has 12 heteroatoms. The van der Waals surface area contributed by atoms with Crippen LogP contribution in [0.1, 0.15) is 37.8 Å². The lowest BCUT2D eigenvalue weighted by atomic mass is 9.63. The number of hydrogen-bond acceptors (Lipinski definition) is 5. The zero-order valence-corrected chi connectivity index (χ0v) is 21.1. The van der Waals surface area contributed by atoms with E-state index in [4.69, 9.17) is 0 Å². The number of allylic oxidation sites excluding steroid dienone is 1. The second-order valence-corrected chi connectivity index (χ2v) is 10.7. The Hall–Kier alpha value is -3.22. The Bertz CT molecular complexity index is 1170. The van der Waals surface area contributed by atoms with Crippen molar-refractivity contribution >= 4 is 27.9 Å². The zero-order chi connectivity index (χ0) is 27.7. The van der Waals surface area contributed by atoms with Crippen molar-refractivity contribution in [3.05, 3.63) is 77.9 Å². The van der Waals surface area contributed by atoms with Gasteiger partial charge in [0, 0.05) is 0 Å². The van der Waals surface area contributed by atoms with Crippen LogP contribution in [-0.2, 0) is 25.0 Å². The molecule has 0 fully saturated rings. The first-order chi connectivity index (χ1) is 17.3. The summed E-state index contributed by atoms with van der Waals surface area (Å²) < 4.78 is 62.0. The number of hydroxylamine groups is 1. The van der Waals surface area contributed by atoms with Crippen LogP contribution in [0.15, 0.2) is 66.7 Å². The van der Waals surface area contributed by atoms with Gasteiger partial charge in [0.25, 0.3) is 0 Å². The summed E-state index contributed by atoms with van der Waals surface area (Å²) in [4.78, 5) is 28.2. The highest BCUT2D eigenvalue weighted by Crippen LogP contribution is 2.41. The lowest BCUT2D eigenvalue weighted by Gasteiger charge is -2.39. The fourth-order valence-corrected chi connectivity index (χ4v) is 4.98. The summed E-state index contributed by atoms with van der Waals surface area (Å²) in [7, 11) is -4.98. The first kappa shape index (κ1) is 30.0. The molecule has 0 aliphatic rings. The van der Waals surface area contributed by atoms with E-state index < -0.39 is 45.1 Å². The molecular weight excluding hydrogens is 511 g/mol. The van der Waals surface area contributed by atoms with Gasteiger partial charge in [0.05, 0.1) is 11.3 Å². The summed E-state index contributed by atoms with van der Waals surface area (Å²) in [5.41, 5.74) is 2.83. The van der Waals surface area contributed by atoms with Crippen molar-refractivity contribution in [2.24, 2.45) is 11.8 Å². The molecule has 0 saturated carbocycles. The topological polar surface area (TPSA) is 125 Å². The number of hydrazine groups is 1. The Balaban J connectivity index is 2.57. The Morgan fingerprint density at radius 2 is 1.57 bits per heavy atom. The number of carbonyl (C=O) groups excluding carboxylic acids is 2. The molecule has 0 heterocycles. The molecule has 2 rings (SSSR count). The number of benzene rings is 2. The monoisotopic (exact) mass is 541 g/mol. The third kappa shape index (κ3) is 8.69. The summed E-state index contributed by atoms with van der Waals surface area (Å²) in [6, 6.07) is 17.1. The molecule has 0 bridgehead atoms. The summed E-state index contributed by atoms with van der Waals surface area (Å²) in [5, 5.41) is 9.54. The van der Waals surface area contributed by atoms with Gasteiger partial charge in [0.2, 0.25) is 21.8 Å². The second-order valence-electron chi connectivity index (χ2n) is 8.94. The lowest BCUT2D eigenvalue weighted by molar-refractivity contribution is -0.143. The van der Waals surface area contributed by atoms with E-state index in [2.05, 4.69) is 0 Å². The molecule has 0 aliphatic heterocycles. The van der Waals surface area contributed by atoms with Crippen LogP contribution in [0, 0.1) is 11.8 Å². The van der Waals surface area contributed by atoms with E-state index in [0.29, 0.717) is 5.56 Å². The fraction of sp³-hybridized carbons (Fsp3) is 0.360. The van der Waals surface area contributed by atoms with Crippen LogP contribution in [0.2, 0.25) is 0 Å². The summed E-state index contributed by atoms with van der Waals surface area (Å²) in [6.45, 7) is 3.54. The first-order valence-corrected chi connectivity index (χ1v) is 13.0. The average molecular weight is 542 g/mol. The van der Waals surface area contributed by atoms with Gasteiger partial charge in [-0.05, 0) is 29.9 Å². The van der Waals surface area contributed by atoms with E-state index in [9.17, 15) is 36.4 Å². The SMILES string of the molecule is CC(C)C[C@](C(=O)NNS(=O)(=O)CC(F)(F)F)(c1ccccc1)[C@H](C/C=C/c1ccccc1)C(=O)NO. The second kappa shape index (κ2) is 12.8. The molecule has 2 amide bonds.